The molecule has 1 aliphatic heterocycles. The van der Waals surface area contributed by atoms with Crippen molar-refractivity contribution in [3.8, 4) is 0 Å². The van der Waals surface area contributed by atoms with Crippen molar-refractivity contribution in [1.82, 2.24) is 4.98 Å². The maximum absolute atomic E-state index is 11.1. The van der Waals surface area contributed by atoms with Crippen molar-refractivity contribution < 1.29 is 4.92 Å². The first-order valence-electron chi connectivity index (χ1n) is 6.20. The van der Waals surface area contributed by atoms with Crippen molar-refractivity contribution in [3.63, 3.8) is 0 Å². The molecule has 0 N–H and O–H groups in total. The Morgan fingerprint density at radius 1 is 1.61 bits per heavy atom. The molecule has 98 valence electrons. The monoisotopic (exact) mass is 313 g/mol. The molecule has 1 aromatic heterocycles. The van der Waals surface area contributed by atoms with E-state index in [0.717, 1.165) is 25.8 Å². The first-order chi connectivity index (χ1) is 8.63. The lowest BCUT2D eigenvalue weighted by Crippen LogP contribution is -2.40. The molecule has 0 saturated carbocycles. The van der Waals surface area contributed by atoms with Crippen molar-refractivity contribution in [2.24, 2.45) is 0 Å². The molecule has 0 bridgehead atoms. The third-order valence-corrected chi connectivity index (χ3v) is 3.81. The van der Waals surface area contributed by atoms with E-state index in [1.54, 1.807) is 6.20 Å². The zero-order valence-electron chi connectivity index (χ0n) is 10.3. The van der Waals surface area contributed by atoms with Gasteiger partial charge in [-0.3, -0.25) is 10.1 Å². The first kappa shape index (κ1) is 13.3. The number of anilines is 1. The number of piperidine rings is 1. The highest BCUT2D eigenvalue weighted by molar-refractivity contribution is 9.10. The molecule has 1 aromatic rings. The summed E-state index contributed by atoms with van der Waals surface area (Å²) in [6.07, 6.45) is 5.98. The Hall–Kier alpha value is -1.17. The largest absolute Gasteiger partial charge is 0.348 e. The molecule has 0 radical (unpaired) electrons. The smallest absolute Gasteiger partial charge is 0.312 e. The van der Waals surface area contributed by atoms with Crippen molar-refractivity contribution in [1.29, 1.82) is 0 Å². The SMILES string of the molecule is CCC1CCCCN1c1ncc(Br)cc1[N+](=O)[O-]. The molecule has 1 aliphatic rings. The molecule has 0 spiro atoms. The fraction of sp³-hybridized carbons (Fsp3) is 0.583. The minimum Gasteiger partial charge on any atom is -0.348 e. The van der Waals surface area contributed by atoms with E-state index in [1.807, 2.05) is 0 Å². The Morgan fingerprint density at radius 3 is 3.06 bits per heavy atom. The lowest BCUT2D eigenvalue weighted by atomic mass is 10.00. The van der Waals surface area contributed by atoms with Gasteiger partial charge in [0.1, 0.15) is 0 Å². The highest BCUT2D eigenvalue weighted by Crippen LogP contribution is 2.33. The second-order valence-corrected chi connectivity index (χ2v) is 5.42. The number of aromatic nitrogens is 1. The molecule has 2 rings (SSSR count). The highest BCUT2D eigenvalue weighted by Gasteiger charge is 2.28. The normalized spacial score (nSPS) is 19.9. The zero-order chi connectivity index (χ0) is 13.1. The van der Waals surface area contributed by atoms with E-state index in [-0.39, 0.29) is 10.6 Å². The van der Waals surface area contributed by atoms with Gasteiger partial charge >= 0.3 is 5.69 Å². The Labute approximate surface area is 114 Å². The molecule has 0 aliphatic carbocycles. The van der Waals surface area contributed by atoms with Gasteiger partial charge < -0.3 is 4.90 Å². The maximum atomic E-state index is 11.1. The van der Waals surface area contributed by atoms with Crippen LogP contribution in [-0.4, -0.2) is 22.5 Å². The van der Waals surface area contributed by atoms with Crippen molar-refractivity contribution in [2.75, 3.05) is 11.4 Å². The number of rotatable bonds is 3. The Bertz CT molecular complexity index is 453. The van der Waals surface area contributed by atoms with Crippen LogP contribution in [0.25, 0.3) is 0 Å². The average molecular weight is 314 g/mol. The summed E-state index contributed by atoms with van der Waals surface area (Å²) >= 11 is 3.24. The Morgan fingerprint density at radius 2 is 2.39 bits per heavy atom. The molecule has 6 heteroatoms. The standard InChI is InChI=1S/C12H16BrN3O2/c1-2-10-5-3-4-6-15(10)12-11(16(17)18)7-9(13)8-14-12/h7-8,10H,2-6H2,1H3. The summed E-state index contributed by atoms with van der Waals surface area (Å²) in [6, 6.07) is 1.90. The minimum atomic E-state index is -0.353. The summed E-state index contributed by atoms with van der Waals surface area (Å²) in [4.78, 5) is 17.1. The van der Waals surface area contributed by atoms with Crippen molar-refractivity contribution in [2.45, 2.75) is 38.6 Å². The summed E-state index contributed by atoms with van der Waals surface area (Å²) in [7, 11) is 0. The van der Waals surface area contributed by atoms with Gasteiger partial charge in [0, 0.05) is 29.3 Å². The van der Waals surface area contributed by atoms with E-state index in [4.69, 9.17) is 0 Å². The average Bonchev–Trinajstić information content (AvgIpc) is 2.38. The van der Waals surface area contributed by atoms with Gasteiger partial charge in [-0.25, -0.2) is 4.98 Å². The highest BCUT2D eigenvalue weighted by atomic mass is 79.9. The van der Waals surface area contributed by atoms with Gasteiger partial charge in [-0.1, -0.05) is 6.92 Å². The third kappa shape index (κ3) is 2.63. The molecule has 18 heavy (non-hydrogen) atoms. The summed E-state index contributed by atoms with van der Waals surface area (Å²) in [6.45, 7) is 2.97. The molecule has 1 unspecified atom stereocenters. The van der Waals surface area contributed by atoms with E-state index in [9.17, 15) is 10.1 Å². The van der Waals surface area contributed by atoms with E-state index in [1.165, 1.54) is 12.5 Å². The lowest BCUT2D eigenvalue weighted by molar-refractivity contribution is -0.384. The minimum absolute atomic E-state index is 0.0877. The summed E-state index contributed by atoms with van der Waals surface area (Å²) in [5, 5.41) is 11.1. The first-order valence-corrected chi connectivity index (χ1v) is 6.99. The maximum Gasteiger partial charge on any atom is 0.312 e. The molecule has 1 fully saturated rings. The van der Waals surface area contributed by atoms with Crippen molar-refractivity contribution >= 4 is 27.4 Å². The van der Waals surface area contributed by atoms with Gasteiger partial charge in [0.25, 0.3) is 0 Å². The molecule has 2 heterocycles. The van der Waals surface area contributed by atoms with Crippen LogP contribution in [0.15, 0.2) is 16.7 Å². The number of hydrogen-bond acceptors (Lipinski definition) is 4. The summed E-state index contributed by atoms with van der Waals surface area (Å²) in [5.74, 6) is 0.509. The van der Waals surface area contributed by atoms with Gasteiger partial charge in [0.05, 0.1) is 4.92 Å². The molecule has 1 atom stereocenters. The molecule has 0 amide bonds. The van der Waals surface area contributed by atoms with E-state index >= 15 is 0 Å². The van der Waals surface area contributed by atoms with Crippen LogP contribution in [0.5, 0.6) is 0 Å². The van der Waals surface area contributed by atoms with Gasteiger partial charge in [0.2, 0.25) is 5.82 Å². The summed E-state index contributed by atoms with van der Waals surface area (Å²) in [5.41, 5.74) is 0.0877. The van der Waals surface area contributed by atoms with Gasteiger partial charge in [-0.05, 0) is 41.6 Å². The van der Waals surface area contributed by atoms with Crippen LogP contribution in [0, 0.1) is 10.1 Å². The fourth-order valence-corrected chi connectivity index (χ4v) is 2.80. The van der Waals surface area contributed by atoms with Crippen LogP contribution in [0.3, 0.4) is 0 Å². The van der Waals surface area contributed by atoms with Crippen LogP contribution in [0.4, 0.5) is 11.5 Å². The molecular weight excluding hydrogens is 298 g/mol. The van der Waals surface area contributed by atoms with E-state index < -0.39 is 0 Å². The molecule has 5 nitrogen and oxygen atoms in total. The Balaban J connectivity index is 2.39. The van der Waals surface area contributed by atoms with E-state index in [0.29, 0.717) is 16.3 Å². The van der Waals surface area contributed by atoms with Gasteiger partial charge in [-0.15, -0.1) is 0 Å². The van der Waals surface area contributed by atoms with Crippen LogP contribution >= 0.6 is 15.9 Å². The second kappa shape index (κ2) is 5.65. The third-order valence-electron chi connectivity index (χ3n) is 3.38. The topological polar surface area (TPSA) is 59.3 Å². The van der Waals surface area contributed by atoms with Crippen LogP contribution in [-0.2, 0) is 0 Å². The number of pyridine rings is 1. The van der Waals surface area contributed by atoms with Crippen molar-refractivity contribution in [3.05, 3.63) is 26.9 Å². The number of halogens is 1. The number of nitro groups is 1. The van der Waals surface area contributed by atoms with Gasteiger partial charge in [0.15, 0.2) is 0 Å². The Kier molecular flexibility index (Phi) is 4.16. The van der Waals surface area contributed by atoms with Crippen LogP contribution < -0.4 is 4.90 Å². The predicted molar refractivity (Wildman–Crippen MR) is 73.9 cm³/mol. The summed E-state index contributed by atoms with van der Waals surface area (Å²) < 4.78 is 0.642. The van der Waals surface area contributed by atoms with Crippen LogP contribution in [0.2, 0.25) is 0 Å². The quantitative estimate of drug-likeness (QED) is 0.632. The molecule has 1 saturated heterocycles. The zero-order valence-corrected chi connectivity index (χ0v) is 11.9. The second-order valence-electron chi connectivity index (χ2n) is 4.50. The number of hydrogen-bond donors (Lipinski definition) is 0. The molecule has 0 aromatic carbocycles. The number of nitrogens with zero attached hydrogens (tertiary/aromatic N) is 3. The molecular formula is C12H16BrN3O2. The fourth-order valence-electron chi connectivity index (χ4n) is 2.48. The predicted octanol–water partition coefficient (Wildman–Crippen LogP) is 3.52. The van der Waals surface area contributed by atoms with Crippen LogP contribution in [0.1, 0.15) is 32.6 Å². The van der Waals surface area contributed by atoms with E-state index in [2.05, 4.69) is 32.7 Å². The van der Waals surface area contributed by atoms with Gasteiger partial charge in [-0.2, -0.15) is 0 Å². The lowest BCUT2D eigenvalue weighted by Gasteiger charge is -2.35.